The van der Waals surface area contributed by atoms with Gasteiger partial charge in [0.2, 0.25) is 11.9 Å². The number of nitro groups is 1. The van der Waals surface area contributed by atoms with Crippen molar-refractivity contribution in [1.29, 1.82) is 0 Å². The molecule has 3 aromatic heterocycles. The third kappa shape index (κ3) is 6.00. The number of nitro benzene ring substituents is 1. The fourth-order valence-electron chi connectivity index (χ4n) is 4.65. The second-order valence-electron chi connectivity index (χ2n) is 9.55. The second-order valence-corrected chi connectivity index (χ2v) is 9.55. The van der Waals surface area contributed by atoms with E-state index in [0.717, 1.165) is 0 Å². The topological polar surface area (TPSA) is 198 Å². The third-order valence-corrected chi connectivity index (χ3v) is 6.67. The number of rotatable bonds is 12. The van der Waals surface area contributed by atoms with Gasteiger partial charge in [-0.2, -0.15) is 5.10 Å². The molecular weight excluding hydrogens is 558 g/mol. The summed E-state index contributed by atoms with van der Waals surface area (Å²) in [6, 6.07) is 11.0. The summed E-state index contributed by atoms with van der Waals surface area (Å²) in [5.41, 5.74) is 8.48. The molecule has 2 amide bonds. The van der Waals surface area contributed by atoms with Crippen molar-refractivity contribution in [1.82, 2.24) is 24.3 Å². The number of nitrogens with zero attached hydrogens (tertiary/aromatic N) is 6. The Morgan fingerprint density at radius 3 is 2.63 bits per heavy atom. The maximum Gasteiger partial charge on any atom is 0.295 e. The van der Waals surface area contributed by atoms with Crippen LogP contribution in [0.25, 0.3) is 22.4 Å². The van der Waals surface area contributed by atoms with E-state index in [2.05, 4.69) is 25.7 Å². The maximum atomic E-state index is 13.3. The van der Waals surface area contributed by atoms with E-state index in [1.807, 2.05) is 13.8 Å². The lowest BCUT2D eigenvalue weighted by molar-refractivity contribution is -0.384. The van der Waals surface area contributed by atoms with Gasteiger partial charge in [-0.05, 0) is 50.6 Å². The number of benzene rings is 2. The zero-order chi connectivity index (χ0) is 30.7. The number of fused-ring (bicyclic) bond motifs is 1. The van der Waals surface area contributed by atoms with Gasteiger partial charge in [0, 0.05) is 42.9 Å². The van der Waals surface area contributed by atoms with Crippen LogP contribution in [0.5, 0.6) is 5.75 Å². The van der Waals surface area contributed by atoms with E-state index in [0.29, 0.717) is 65.5 Å². The molecule has 5 rings (SSSR count). The molecule has 0 unspecified atom stereocenters. The highest BCUT2D eigenvalue weighted by Crippen LogP contribution is 2.31. The van der Waals surface area contributed by atoms with Gasteiger partial charge in [-0.25, -0.2) is 9.97 Å². The Kier molecular flexibility index (Phi) is 8.05. The molecule has 3 heterocycles. The molecule has 43 heavy (non-hydrogen) atoms. The van der Waals surface area contributed by atoms with Crippen LogP contribution in [0.15, 0.2) is 53.1 Å². The molecule has 0 aliphatic heterocycles. The number of aryl methyl sites for hydroxylation is 3. The zero-order valence-electron chi connectivity index (χ0n) is 23.7. The van der Waals surface area contributed by atoms with Crippen molar-refractivity contribution in [3.63, 3.8) is 0 Å². The van der Waals surface area contributed by atoms with Crippen molar-refractivity contribution in [2.45, 2.75) is 33.4 Å². The lowest BCUT2D eigenvalue weighted by atomic mass is 10.1. The molecule has 0 bridgehead atoms. The van der Waals surface area contributed by atoms with E-state index in [9.17, 15) is 19.7 Å². The Bertz CT molecular complexity index is 1820. The molecule has 0 radical (unpaired) electrons. The minimum atomic E-state index is -0.633. The summed E-state index contributed by atoms with van der Waals surface area (Å²) in [5, 5.41) is 21.3. The molecule has 2 aromatic carbocycles. The molecule has 0 saturated carbocycles. The van der Waals surface area contributed by atoms with E-state index in [1.54, 1.807) is 33.5 Å². The summed E-state index contributed by atoms with van der Waals surface area (Å²) in [7, 11) is 1.48. The number of hydrogen-bond acceptors (Lipinski definition) is 10. The minimum absolute atomic E-state index is 0.0159. The van der Waals surface area contributed by atoms with Gasteiger partial charge in [0.05, 0.1) is 29.4 Å². The molecule has 0 aliphatic rings. The Balaban J connectivity index is 1.36. The van der Waals surface area contributed by atoms with Gasteiger partial charge >= 0.3 is 0 Å². The molecule has 222 valence electrons. The number of amides is 2. The van der Waals surface area contributed by atoms with Crippen molar-refractivity contribution >= 4 is 40.5 Å². The van der Waals surface area contributed by atoms with Crippen LogP contribution < -0.4 is 21.1 Å². The summed E-state index contributed by atoms with van der Waals surface area (Å²) in [6.45, 7) is 5.06. The first-order valence-electron chi connectivity index (χ1n) is 13.4. The fourth-order valence-corrected chi connectivity index (χ4v) is 4.65. The molecular formula is C28H29N9O6. The largest absolute Gasteiger partial charge is 0.494 e. The number of anilines is 2. The third-order valence-electron chi connectivity index (χ3n) is 6.67. The van der Waals surface area contributed by atoms with Crippen LogP contribution in [0.1, 0.15) is 39.9 Å². The van der Waals surface area contributed by atoms with Crippen molar-refractivity contribution < 1.29 is 23.7 Å². The number of nitrogens with one attached hydrogen (secondary N) is 2. The summed E-state index contributed by atoms with van der Waals surface area (Å²) in [5.74, 6) is 0.0791. The number of non-ortho nitro benzene ring substituents is 1. The van der Waals surface area contributed by atoms with Crippen molar-refractivity contribution in [2.75, 3.05) is 24.3 Å². The molecule has 4 N–H and O–H groups in total. The highest BCUT2D eigenvalue weighted by atomic mass is 16.6. The smallest absolute Gasteiger partial charge is 0.295 e. The molecule has 15 nitrogen and oxygen atoms in total. The Morgan fingerprint density at radius 2 is 1.95 bits per heavy atom. The molecule has 15 heteroatoms. The quantitative estimate of drug-likeness (QED) is 0.109. The SMILES string of the molecule is CCn1nc(C)cc1C(=O)Nc1nc2cc(C(N)=O)cc(OC)c2n1CCCNc1ncc(-c2ccc([N+](=O)[O-])cc2)o1. The van der Waals surface area contributed by atoms with Gasteiger partial charge < -0.3 is 24.8 Å². The molecule has 0 aliphatic carbocycles. The van der Waals surface area contributed by atoms with E-state index in [4.69, 9.17) is 14.9 Å². The van der Waals surface area contributed by atoms with Gasteiger partial charge in [-0.15, -0.1) is 0 Å². The zero-order valence-corrected chi connectivity index (χ0v) is 23.7. The number of primary amides is 1. The van der Waals surface area contributed by atoms with Crippen LogP contribution in [0.2, 0.25) is 0 Å². The van der Waals surface area contributed by atoms with Crippen LogP contribution in [0.4, 0.5) is 17.7 Å². The lowest BCUT2D eigenvalue weighted by Gasteiger charge is -2.13. The first kappa shape index (κ1) is 28.8. The van der Waals surface area contributed by atoms with E-state index < -0.39 is 10.8 Å². The summed E-state index contributed by atoms with van der Waals surface area (Å²) in [4.78, 5) is 44.5. The standard InChI is InChI=1S/C28H29N9O6/c1-4-36-21(12-16(2)34-36)26(39)33-27-32-20-13-18(25(29)38)14-22(42-3)24(20)35(27)11-5-10-30-28-31-15-23(43-28)17-6-8-19(9-7-17)37(40)41/h6-9,12-15H,4-5,10-11H2,1-3H3,(H2,29,38)(H,30,31)(H,32,33,39). The second kappa shape index (κ2) is 12.0. The number of carbonyl (C=O) groups excluding carboxylic acids is 2. The van der Waals surface area contributed by atoms with Crippen LogP contribution in [0.3, 0.4) is 0 Å². The Morgan fingerprint density at radius 1 is 1.19 bits per heavy atom. The molecule has 5 aromatic rings. The predicted octanol–water partition coefficient (Wildman–Crippen LogP) is 3.99. The van der Waals surface area contributed by atoms with Crippen molar-refractivity contribution in [3.05, 3.63) is 75.7 Å². The van der Waals surface area contributed by atoms with Crippen LogP contribution >= 0.6 is 0 Å². The Hall–Kier alpha value is -5.73. The maximum absolute atomic E-state index is 13.3. The lowest BCUT2D eigenvalue weighted by Crippen LogP contribution is -2.20. The number of imidazole rings is 1. The van der Waals surface area contributed by atoms with E-state index >= 15 is 0 Å². The van der Waals surface area contributed by atoms with Crippen molar-refractivity contribution in [3.8, 4) is 17.1 Å². The van der Waals surface area contributed by atoms with E-state index in [-0.39, 0.29) is 29.1 Å². The average Bonchev–Trinajstić information content (AvgIpc) is 3.71. The highest BCUT2D eigenvalue weighted by Gasteiger charge is 2.21. The van der Waals surface area contributed by atoms with Crippen LogP contribution in [0, 0.1) is 17.0 Å². The first-order valence-corrected chi connectivity index (χ1v) is 13.4. The summed E-state index contributed by atoms with van der Waals surface area (Å²) >= 11 is 0. The van der Waals surface area contributed by atoms with Gasteiger partial charge in [0.25, 0.3) is 17.6 Å². The number of methoxy groups -OCH3 is 1. The van der Waals surface area contributed by atoms with Crippen molar-refractivity contribution in [2.24, 2.45) is 5.73 Å². The fraction of sp³-hybridized carbons (Fsp3) is 0.250. The number of ether oxygens (including phenoxy) is 1. The summed E-state index contributed by atoms with van der Waals surface area (Å²) < 4.78 is 14.7. The number of oxazole rings is 1. The minimum Gasteiger partial charge on any atom is -0.494 e. The highest BCUT2D eigenvalue weighted by molar-refractivity contribution is 6.04. The summed E-state index contributed by atoms with van der Waals surface area (Å²) in [6.07, 6.45) is 2.08. The van der Waals surface area contributed by atoms with Gasteiger partial charge in [-0.3, -0.25) is 29.7 Å². The van der Waals surface area contributed by atoms with Gasteiger partial charge in [0.1, 0.15) is 17.0 Å². The van der Waals surface area contributed by atoms with Crippen LogP contribution in [-0.2, 0) is 13.1 Å². The monoisotopic (exact) mass is 587 g/mol. The number of carbonyl (C=O) groups is 2. The first-order chi connectivity index (χ1) is 20.7. The molecule has 0 spiro atoms. The normalized spacial score (nSPS) is 11.0. The molecule has 0 atom stereocenters. The van der Waals surface area contributed by atoms with Gasteiger partial charge in [0.15, 0.2) is 5.76 Å². The number of hydrogen-bond donors (Lipinski definition) is 3. The Labute approximate surface area is 244 Å². The number of nitrogens with two attached hydrogens (primary N) is 1. The van der Waals surface area contributed by atoms with Crippen LogP contribution in [-0.4, -0.2) is 54.7 Å². The number of aromatic nitrogens is 5. The predicted molar refractivity (Wildman–Crippen MR) is 157 cm³/mol. The average molecular weight is 588 g/mol. The van der Waals surface area contributed by atoms with Gasteiger partial charge in [-0.1, -0.05) is 0 Å². The molecule has 0 fully saturated rings. The molecule has 0 saturated heterocycles. The van der Waals surface area contributed by atoms with E-state index in [1.165, 1.54) is 31.5 Å².